The highest BCUT2D eigenvalue weighted by Gasteiger charge is 2.20. The van der Waals surface area contributed by atoms with Crippen molar-refractivity contribution >= 4 is 68.0 Å². The first kappa shape index (κ1) is 24.3. The molecule has 182 valence electrons. The third-order valence-electron chi connectivity index (χ3n) is 4.98. The van der Waals surface area contributed by atoms with E-state index in [2.05, 4.69) is 10.3 Å². The Hall–Kier alpha value is -3.39. The molecule has 0 aliphatic heterocycles. The number of halogens is 1. The van der Waals surface area contributed by atoms with Crippen molar-refractivity contribution in [2.45, 2.75) is 5.16 Å². The number of anilines is 1. The van der Waals surface area contributed by atoms with Gasteiger partial charge in [0.25, 0.3) is 5.56 Å². The summed E-state index contributed by atoms with van der Waals surface area (Å²) in [7, 11) is 1.56. The monoisotopic (exact) mass is 557 g/mol. The summed E-state index contributed by atoms with van der Waals surface area (Å²) in [6.07, 6.45) is 1.59. The van der Waals surface area contributed by atoms with Gasteiger partial charge in [-0.15, -0.1) is 11.3 Å². The molecule has 0 fully saturated rings. The van der Waals surface area contributed by atoms with Crippen molar-refractivity contribution < 1.29 is 13.9 Å². The second kappa shape index (κ2) is 10.3. The predicted molar refractivity (Wildman–Crippen MR) is 143 cm³/mol. The fourth-order valence-corrected chi connectivity index (χ4v) is 6.05. The van der Waals surface area contributed by atoms with E-state index in [1.807, 2.05) is 12.1 Å². The molecule has 0 saturated carbocycles. The summed E-state index contributed by atoms with van der Waals surface area (Å²) in [4.78, 5) is 35.0. The third-order valence-corrected chi connectivity index (χ3v) is 7.96. The van der Waals surface area contributed by atoms with E-state index in [9.17, 15) is 14.0 Å². The number of carbonyl (C=O) groups is 1. The van der Waals surface area contributed by atoms with Gasteiger partial charge in [-0.2, -0.15) is 0 Å². The number of benzene rings is 2. The van der Waals surface area contributed by atoms with Crippen LogP contribution in [0.3, 0.4) is 0 Å². The summed E-state index contributed by atoms with van der Waals surface area (Å²) in [6, 6.07) is 12.8. The first-order valence-electron chi connectivity index (χ1n) is 10.4. The van der Waals surface area contributed by atoms with Crippen LogP contribution in [-0.2, 0) is 4.79 Å². The number of nitrogens with one attached hydrogen (secondary N) is 1. The molecule has 0 aliphatic rings. The van der Waals surface area contributed by atoms with E-state index in [1.165, 1.54) is 40.2 Å². The number of ether oxygens (including phenoxy) is 1. The highest BCUT2D eigenvalue weighted by atomic mass is 32.2. The Kier molecular flexibility index (Phi) is 6.96. The molecule has 13 heteroatoms. The Bertz CT molecular complexity index is 1680. The number of rotatable bonds is 7. The number of nitrogens with zero attached hydrogens (tertiary/aromatic N) is 4. The Morgan fingerprint density at radius 2 is 2.00 bits per heavy atom. The topological polar surface area (TPSA) is 91.0 Å². The van der Waals surface area contributed by atoms with E-state index in [0.29, 0.717) is 36.6 Å². The molecule has 0 aliphatic carbocycles. The Morgan fingerprint density at radius 1 is 1.19 bits per heavy atom. The Morgan fingerprint density at radius 3 is 2.72 bits per heavy atom. The number of methoxy groups -OCH3 is 1. The summed E-state index contributed by atoms with van der Waals surface area (Å²) in [5, 5.41) is 5.21. The first-order chi connectivity index (χ1) is 17.4. The van der Waals surface area contributed by atoms with E-state index in [-0.39, 0.29) is 22.4 Å². The van der Waals surface area contributed by atoms with Crippen molar-refractivity contribution in [3.8, 4) is 17.1 Å². The lowest BCUT2D eigenvalue weighted by Gasteiger charge is -2.13. The number of fused-ring (bicyclic) bond motifs is 1. The van der Waals surface area contributed by atoms with Crippen molar-refractivity contribution in [1.29, 1.82) is 0 Å². The van der Waals surface area contributed by atoms with Gasteiger partial charge in [0.15, 0.2) is 19.9 Å². The molecule has 3 aromatic heterocycles. The lowest BCUT2D eigenvalue weighted by atomic mass is 10.3. The summed E-state index contributed by atoms with van der Waals surface area (Å²) in [5.74, 6) is -0.132. The molecule has 0 atom stereocenters. The van der Waals surface area contributed by atoms with Gasteiger partial charge >= 0.3 is 0 Å². The van der Waals surface area contributed by atoms with Crippen LogP contribution in [0.2, 0.25) is 0 Å². The second-order valence-corrected chi connectivity index (χ2v) is 10.7. The van der Waals surface area contributed by atoms with Crippen LogP contribution < -0.4 is 15.6 Å². The average Bonchev–Trinajstić information content (AvgIpc) is 3.51. The van der Waals surface area contributed by atoms with Crippen LogP contribution in [0.25, 0.3) is 21.7 Å². The lowest BCUT2D eigenvalue weighted by molar-refractivity contribution is -0.113. The maximum atomic E-state index is 13.7. The number of thioether (sulfide) groups is 1. The van der Waals surface area contributed by atoms with Gasteiger partial charge in [-0.1, -0.05) is 29.2 Å². The predicted octanol–water partition coefficient (Wildman–Crippen LogP) is 5.30. The Labute approximate surface area is 221 Å². The van der Waals surface area contributed by atoms with Crippen molar-refractivity contribution in [2.24, 2.45) is 0 Å². The summed E-state index contributed by atoms with van der Waals surface area (Å²) < 4.78 is 22.8. The van der Waals surface area contributed by atoms with Gasteiger partial charge in [-0.05, 0) is 48.6 Å². The minimum Gasteiger partial charge on any atom is -0.497 e. The molecule has 5 rings (SSSR count). The number of hydrogen-bond donors (Lipinski definition) is 1. The van der Waals surface area contributed by atoms with Crippen LogP contribution in [0.4, 0.5) is 9.52 Å². The molecule has 3 heterocycles. The van der Waals surface area contributed by atoms with Crippen molar-refractivity contribution in [3.05, 3.63) is 80.2 Å². The molecule has 0 saturated heterocycles. The number of thiazole rings is 2. The zero-order valence-electron chi connectivity index (χ0n) is 18.5. The van der Waals surface area contributed by atoms with E-state index in [4.69, 9.17) is 21.9 Å². The quantitative estimate of drug-likeness (QED) is 0.165. The molecule has 1 amide bonds. The summed E-state index contributed by atoms with van der Waals surface area (Å²) in [6.45, 7) is 0. The number of amides is 1. The van der Waals surface area contributed by atoms with Gasteiger partial charge < -0.3 is 10.1 Å². The molecule has 8 nitrogen and oxygen atoms in total. The van der Waals surface area contributed by atoms with Crippen LogP contribution in [0.5, 0.6) is 5.75 Å². The van der Waals surface area contributed by atoms with Gasteiger partial charge in [-0.25, -0.2) is 14.4 Å². The van der Waals surface area contributed by atoms with E-state index >= 15 is 0 Å². The molecule has 36 heavy (non-hydrogen) atoms. The molecule has 5 aromatic rings. The number of hydrogen-bond acceptors (Lipinski definition) is 9. The van der Waals surface area contributed by atoms with Crippen LogP contribution in [-0.4, -0.2) is 37.9 Å². The maximum absolute atomic E-state index is 13.7. The Balaban J connectivity index is 1.64. The lowest BCUT2D eigenvalue weighted by Crippen LogP contribution is -2.22. The van der Waals surface area contributed by atoms with E-state index < -0.39 is 5.82 Å². The normalized spacial score (nSPS) is 11.1. The molecule has 0 radical (unpaired) electrons. The highest BCUT2D eigenvalue weighted by molar-refractivity contribution is 7.99. The van der Waals surface area contributed by atoms with Gasteiger partial charge in [0, 0.05) is 17.6 Å². The number of aromatic nitrogens is 4. The second-order valence-electron chi connectivity index (χ2n) is 7.24. The maximum Gasteiger partial charge on any atom is 0.278 e. The average molecular weight is 558 g/mol. The van der Waals surface area contributed by atoms with Gasteiger partial charge in [0.05, 0.1) is 24.2 Å². The molecule has 1 N–H and O–H groups in total. The molecule has 2 aromatic carbocycles. The zero-order chi connectivity index (χ0) is 25.2. The minimum atomic E-state index is -0.433. The zero-order valence-corrected chi connectivity index (χ0v) is 21.8. The smallest absolute Gasteiger partial charge is 0.278 e. The van der Waals surface area contributed by atoms with Crippen molar-refractivity contribution in [3.63, 3.8) is 0 Å². The minimum absolute atomic E-state index is 0.0250. The molecular formula is C23H16FN5O3S4. The molecule has 0 spiro atoms. The SMILES string of the molecule is COc1cccc(-n2c(=S)sc3c(=O)n(-c4ccc(F)cc4)c(SCC(=O)Nc4nccs4)nc32)c1. The number of carbonyl (C=O) groups excluding carboxylic acids is 1. The first-order valence-corrected chi connectivity index (χ1v) is 13.4. The van der Waals surface area contributed by atoms with Crippen molar-refractivity contribution in [1.82, 2.24) is 19.1 Å². The van der Waals surface area contributed by atoms with Gasteiger partial charge in [-0.3, -0.25) is 18.7 Å². The van der Waals surface area contributed by atoms with Crippen LogP contribution in [0.15, 0.2) is 70.1 Å². The summed E-state index contributed by atoms with van der Waals surface area (Å²) in [5.41, 5.74) is 1.11. The van der Waals surface area contributed by atoms with E-state index in [1.54, 1.807) is 35.4 Å². The fourth-order valence-electron chi connectivity index (χ4n) is 3.40. The molecular weight excluding hydrogens is 542 g/mol. The summed E-state index contributed by atoms with van der Waals surface area (Å²) >= 11 is 9.11. The van der Waals surface area contributed by atoms with Gasteiger partial charge in [0.2, 0.25) is 5.91 Å². The standard InChI is InChI=1S/C23H16FN5O3S4/c1-32-16-4-2-3-15(11-16)28-19-18(36-23(28)33)20(31)29(14-7-5-13(24)6-8-14)22(27-19)35-12-17(30)26-21-25-9-10-34-21/h2-11H,12H2,1H3,(H,25,26,30). The van der Waals surface area contributed by atoms with Gasteiger partial charge in [0.1, 0.15) is 16.3 Å². The largest absolute Gasteiger partial charge is 0.497 e. The van der Waals surface area contributed by atoms with Crippen molar-refractivity contribution in [2.75, 3.05) is 18.2 Å². The molecule has 0 unspecified atom stereocenters. The van der Waals surface area contributed by atoms with Crippen LogP contribution >= 0.6 is 46.7 Å². The molecule has 0 bridgehead atoms. The van der Waals surface area contributed by atoms with Crippen LogP contribution in [0, 0.1) is 9.77 Å². The third kappa shape index (κ3) is 4.82. The highest BCUT2D eigenvalue weighted by Crippen LogP contribution is 2.29. The van der Waals surface area contributed by atoms with E-state index in [0.717, 1.165) is 23.1 Å². The fraction of sp³-hybridized carbons (Fsp3) is 0.0870. The van der Waals surface area contributed by atoms with Crippen LogP contribution in [0.1, 0.15) is 0 Å².